The van der Waals surface area contributed by atoms with E-state index in [1.54, 1.807) is 54.9 Å². The Bertz CT molecular complexity index is 4230. The minimum atomic E-state index is -4.61. The normalized spacial score (nSPS) is 11.7. The Kier molecular flexibility index (Phi) is 18.2. The number of hydrogen-bond donors (Lipinski definition) is 4. The van der Waals surface area contributed by atoms with Crippen LogP contribution in [0.5, 0.6) is 5.75 Å². The Balaban J connectivity index is 0.000000151. The molecule has 11 rings (SSSR count). The number of benzene rings is 8. The number of rotatable bonds is 15. The molecule has 0 aliphatic rings. The van der Waals surface area contributed by atoms with Crippen LogP contribution in [-0.2, 0) is 40.2 Å². The van der Waals surface area contributed by atoms with Gasteiger partial charge in [-0.25, -0.2) is 31.2 Å². The van der Waals surface area contributed by atoms with Gasteiger partial charge in [-0.2, -0.15) is 28.5 Å². The number of aromatic hydroxyl groups is 1. The quantitative estimate of drug-likeness (QED) is 0.0578. The van der Waals surface area contributed by atoms with Gasteiger partial charge in [0.05, 0.1) is 51.7 Å². The molecule has 0 aliphatic heterocycles. The molecule has 420 valence electrons. The van der Waals surface area contributed by atoms with E-state index in [-0.39, 0.29) is 36.0 Å². The third-order valence-electron chi connectivity index (χ3n) is 13.8. The molecule has 3 aromatic heterocycles. The predicted octanol–water partition coefficient (Wildman–Crippen LogP) is 12.0. The van der Waals surface area contributed by atoms with Crippen molar-refractivity contribution in [1.29, 1.82) is 0 Å². The third kappa shape index (κ3) is 14.2. The Morgan fingerprint density at radius 1 is 0.470 bits per heavy atom. The monoisotopic (exact) mass is 1120 g/mol. The van der Waals surface area contributed by atoms with E-state index in [0.29, 0.717) is 37.0 Å². The fraction of sp³-hybridized carbons (Fsp3) is 0.172. The van der Waals surface area contributed by atoms with Crippen molar-refractivity contribution in [2.75, 3.05) is 0 Å². The van der Waals surface area contributed by atoms with Crippen molar-refractivity contribution < 1.29 is 32.7 Å². The number of aromatic nitrogens is 6. The van der Waals surface area contributed by atoms with E-state index in [1.165, 1.54) is 12.3 Å². The van der Waals surface area contributed by atoms with Gasteiger partial charge in [-0.15, -0.1) is 0 Å². The zero-order valence-corrected chi connectivity index (χ0v) is 46.0. The Hall–Kier alpha value is -10.3. The number of imidazole rings is 3. The highest BCUT2D eigenvalue weighted by atomic mass is 19.4. The number of hydrazone groups is 3. The average Bonchev–Trinajstić information content (AvgIpc) is 4.36. The van der Waals surface area contributed by atoms with Crippen LogP contribution < -0.4 is 16.3 Å². The fourth-order valence-electron chi connectivity index (χ4n) is 9.54. The summed E-state index contributed by atoms with van der Waals surface area (Å²) < 4.78 is 45.2. The molecule has 8 aromatic carbocycles. The number of halogens is 3. The number of carbonyl (C=O) groups is 3. The molecule has 16 nitrogen and oxygen atoms in total. The van der Waals surface area contributed by atoms with Crippen molar-refractivity contribution in [1.82, 2.24) is 44.9 Å². The Labute approximate surface area is 475 Å². The lowest BCUT2D eigenvalue weighted by molar-refractivity contribution is -0.147. The average molecular weight is 1120 g/mol. The van der Waals surface area contributed by atoms with Gasteiger partial charge in [-0.1, -0.05) is 121 Å². The number of aryl methyl sites for hydroxylation is 7. The molecule has 3 amide bonds. The number of nitrogens with one attached hydrogen (secondary N) is 3. The predicted molar refractivity (Wildman–Crippen MR) is 320 cm³/mol. The summed E-state index contributed by atoms with van der Waals surface area (Å²) in [6.07, 6.45) is 0.559. The minimum Gasteiger partial charge on any atom is -0.507 e. The minimum absolute atomic E-state index is 0.119. The van der Waals surface area contributed by atoms with Crippen LogP contribution in [0.4, 0.5) is 13.2 Å². The summed E-state index contributed by atoms with van der Waals surface area (Å²) in [7, 11) is 0. The van der Waals surface area contributed by atoms with Crippen LogP contribution in [0.25, 0.3) is 54.6 Å². The number of fused-ring (bicyclic) bond motifs is 5. The maximum absolute atomic E-state index is 13.4. The molecular formula is C64H59F3N12O4. The van der Waals surface area contributed by atoms with Crippen molar-refractivity contribution in [2.45, 2.75) is 72.8 Å². The maximum Gasteiger partial charge on any atom is 0.449 e. The number of nitrogens with zero attached hydrogens (tertiary/aromatic N) is 9. The largest absolute Gasteiger partial charge is 0.507 e. The van der Waals surface area contributed by atoms with Crippen molar-refractivity contribution in [3.63, 3.8) is 0 Å². The van der Waals surface area contributed by atoms with Gasteiger partial charge in [-0.3, -0.25) is 14.4 Å². The van der Waals surface area contributed by atoms with Crippen LogP contribution in [0.15, 0.2) is 185 Å². The summed E-state index contributed by atoms with van der Waals surface area (Å²) in [5.41, 5.74) is 16.6. The highest BCUT2D eigenvalue weighted by Gasteiger charge is 2.37. The van der Waals surface area contributed by atoms with E-state index in [4.69, 9.17) is 0 Å². The molecule has 0 saturated heterocycles. The first-order valence-electron chi connectivity index (χ1n) is 26.7. The fourth-order valence-corrected chi connectivity index (χ4v) is 9.54. The summed E-state index contributed by atoms with van der Waals surface area (Å²) in [6.45, 7) is 8.81. The Morgan fingerprint density at radius 3 is 1.30 bits per heavy atom. The molecule has 0 aliphatic carbocycles. The lowest BCUT2D eigenvalue weighted by atomic mass is 10.0. The van der Waals surface area contributed by atoms with E-state index in [1.807, 2.05) is 129 Å². The molecule has 0 radical (unpaired) electrons. The summed E-state index contributed by atoms with van der Waals surface area (Å²) in [5, 5.41) is 26.0. The highest BCUT2D eigenvalue weighted by Crippen LogP contribution is 2.32. The van der Waals surface area contributed by atoms with Gasteiger partial charge >= 0.3 is 6.18 Å². The first-order valence-corrected chi connectivity index (χ1v) is 26.7. The summed E-state index contributed by atoms with van der Waals surface area (Å²) in [6, 6.07) is 53.0. The van der Waals surface area contributed by atoms with Crippen LogP contribution >= 0.6 is 0 Å². The lowest BCUT2D eigenvalue weighted by Gasteiger charge is -2.11. The molecule has 0 spiro atoms. The molecular weight excluding hydrogens is 1060 g/mol. The van der Waals surface area contributed by atoms with Gasteiger partial charge in [0.15, 0.2) is 0 Å². The highest BCUT2D eigenvalue weighted by molar-refractivity contribution is 6.02. The second kappa shape index (κ2) is 26.3. The van der Waals surface area contributed by atoms with E-state index >= 15 is 0 Å². The molecule has 19 heteroatoms. The van der Waals surface area contributed by atoms with Gasteiger partial charge in [0.1, 0.15) is 17.4 Å². The number of alkyl halides is 3. The molecule has 83 heavy (non-hydrogen) atoms. The first kappa shape index (κ1) is 57.4. The molecule has 3 heterocycles. The maximum atomic E-state index is 13.4. The molecule has 11 aromatic rings. The van der Waals surface area contributed by atoms with Crippen molar-refractivity contribution in [3.05, 3.63) is 215 Å². The van der Waals surface area contributed by atoms with Gasteiger partial charge in [0.2, 0.25) is 23.5 Å². The lowest BCUT2D eigenvalue weighted by Crippen LogP contribution is -2.21. The summed E-state index contributed by atoms with van der Waals surface area (Å²) in [4.78, 5) is 49.1. The number of phenolic OH excluding ortho intramolecular Hbond substituents is 1. The zero-order chi connectivity index (χ0) is 58.5. The second-order valence-electron chi connectivity index (χ2n) is 19.4. The van der Waals surface area contributed by atoms with Crippen LogP contribution in [0.1, 0.15) is 64.6 Å². The number of para-hydroxylation sites is 7. The van der Waals surface area contributed by atoms with E-state index in [0.717, 1.165) is 82.1 Å². The summed E-state index contributed by atoms with van der Waals surface area (Å²) in [5.74, 6) is 0.0863. The van der Waals surface area contributed by atoms with Crippen LogP contribution in [0.2, 0.25) is 0 Å². The molecule has 4 N–H and O–H groups in total. The second-order valence-corrected chi connectivity index (χ2v) is 19.4. The van der Waals surface area contributed by atoms with Crippen LogP contribution in [0.3, 0.4) is 0 Å². The standard InChI is InChI=1S/C23H19F3N4O.C23H22N4O.C18H18N4O2/c1-15-10-11-16-6-2-3-7-17(16)18(15)14-27-29-21(31)12-13-30-20-9-5-4-8-19(20)28-22(30)23(24,25)26;1-16-11-12-18-7-3-4-8-19(18)20(16)15-24-26-23(28)13-14-27-17(2)25-21-9-5-6-10-22(21)27;1-13-20-15-7-3-4-8-16(15)22(13)11-10-18(24)21-19-12-14-6-2-5-9-17(14)23/h2-11,14H,12-13H2,1H3,(H,29,31);3-12,15H,13-14H2,1-2H3,(H,26,28);2-9,12,23H,10-11H2,1H3,(H,21,24)/b27-14+;24-15+;19-12+. The van der Waals surface area contributed by atoms with E-state index < -0.39 is 17.9 Å². The van der Waals surface area contributed by atoms with Gasteiger partial charge in [0.25, 0.3) is 0 Å². The molecule has 0 fully saturated rings. The van der Waals surface area contributed by atoms with Crippen molar-refractivity contribution >= 4 is 91.0 Å². The number of carbonyl (C=O) groups excluding carboxylic acids is 3. The first-order chi connectivity index (χ1) is 40.1. The zero-order valence-electron chi connectivity index (χ0n) is 46.0. The number of amides is 3. The number of phenols is 1. The summed E-state index contributed by atoms with van der Waals surface area (Å²) >= 11 is 0. The van der Waals surface area contributed by atoms with E-state index in [9.17, 15) is 32.7 Å². The SMILES string of the molecule is Cc1ccc2ccccc2c1/C=N/NC(=O)CCn1c(C(F)(F)F)nc2ccccc21.Cc1ccc2ccccc2c1/C=N/NC(=O)CCn1c(C)nc2ccccc21.Cc1nc2ccccc2n1CCC(=O)N/N=C/c1ccccc1O. The Morgan fingerprint density at radius 2 is 0.843 bits per heavy atom. The molecule has 0 unspecified atom stereocenters. The molecule has 0 bridgehead atoms. The van der Waals surface area contributed by atoms with Crippen molar-refractivity contribution in [2.24, 2.45) is 15.3 Å². The van der Waals surface area contributed by atoms with Crippen molar-refractivity contribution in [3.8, 4) is 5.75 Å². The molecule has 0 saturated carbocycles. The number of hydrogen-bond acceptors (Lipinski definition) is 10. The van der Waals surface area contributed by atoms with E-state index in [2.05, 4.69) is 75.4 Å². The topological polar surface area (TPSA) is 198 Å². The van der Waals surface area contributed by atoms with Crippen LogP contribution in [0, 0.1) is 27.7 Å². The van der Waals surface area contributed by atoms with Gasteiger partial charge in [0, 0.05) is 55.6 Å². The van der Waals surface area contributed by atoms with Gasteiger partial charge in [-0.05, 0) is 109 Å². The third-order valence-corrected chi connectivity index (χ3v) is 13.8. The van der Waals surface area contributed by atoms with Gasteiger partial charge < -0.3 is 18.8 Å². The molecule has 0 atom stereocenters. The van der Waals surface area contributed by atoms with Crippen LogP contribution in [-0.4, -0.2) is 70.1 Å². The smallest absolute Gasteiger partial charge is 0.449 e.